The normalized spacial score (nSPS) is 16.9. The highest BCUT2D eigenvalue weighted by Gasteiger charge is 2.21. The molecule has 1 fully saturated rings. The number of aryl methyl sites for hydroxylation is 1. The number of amides is 1. The Balaban J connectivity index is 1.36. The molecule has 2 aliphatic rings. The first-order chi connectivity index (χ1) is 13.6. The molecule has 28 heavy (non-hydrogen) atoms. The van der Waals surface area contributed by atoms with Crippen LogP contribution in [-0.4, -0.2) is 51.9 Å². The van der Waals surface area contributed by atoms with Crippen LogP contribution in [0.15, 0.2) is 21.3 Å². The summed E-state index contributed by atoms with van der Waals surface area (Å²) >= 11 is 6.34. The van der Waals surface area contributed by atoms with Crippen molar-refractivity contribution in [1.82, 2.24) is 5.32 Å². The number of morpholine rings is 1. The lowest BCUT2D eigenvalue weighted by molar-refractivity contribution is -0.906. The summed E-state index contributed by atoms with van der Waals surface area (Å²) < 4.78 is 16.3. The molecule has 0 radical (unpaired) electrons. The molecule has 1 aromatic carbocycles. The number of halogens is 1. The van der Waals surface area contributed by atoms with Crippen molar-refractivity contribution in [3.05, 3.63) is 38.7 Å². The smallest absolute Gasteiger partial charge is 0.339 e. The second-order valence-corrected chi connectivity index (χ2v) is 7.64. The molecule has 150 valence electrons. The molecule has 2 aromatic rings. The Labute approximate surface area is 167 Å². The first-order valence-electron chi connectivity index (χ1n) is 9.71. The molecule has 0 spiro atoms. The minimum atomic E-state index is -0.295. The van der Waals surface area contributed by atoms with Gasteiger partial charge in [-0.3, -0.25) is 4.79 Å². The summed E-state index contributed by atoms with van der Waals surface area (Å²) in [6.07, 6.45) is 2.54. The average Bonchev–Trinajstić information content (AvgIpc) is 3.19. The molecule has 1 aromatic heterocycles. The molecule has 7 nitrogen and oxygen atoms in total. The predicted octanol–water partition coefficient (Wildman–Crippen LogP) is 0.345. The number of carbonyl (C=O) groups excluding carboxylic acids is 1. The zero-order valence-electron chi connectivity index (χ0n) is 15.6. The van der Waals surface area contributed by atoms with Crippen molar-refractivity contribution >= 4 is 28.5 Å². The second-order valence-electron chi connectivity index (χ2n) is 7.23. The number of hydrogen-bond acceptors (Lipinski definition) is 5. The van der Waals surface area contributed by atoms with Crippen molar-refractivity contribution in [3.8, 4) is 5.75 Å². The van der Waals surface area contributed by atoms with Gasteiger partial charge < -0.3 is 24.1 Å². The lowest BCUT2D eigenvalue weighted by Gasteiger charge is -2.23. The number of benzene rings is 1. The Bertz CT molecular complexity index is 936. The van der Waals surface area contributed by atoms with E-state index in [1.807, 2.05) is 0 Å². The van der Waals surface area contributed by atoms with Gasteiger partial charge in [-0.15, -0.1) is 0 Å². The summed E-state index contributed by atoms with van der Waals surface area (Å²) in [4.78, 5) is 25.6. The zero-order valence-corrected chi connectivity index (χ0v) is 16.4. The van der Waals surface area contributed by atoms with Gasteiger partial charge in [-0.05, 0) is 30.9 Å². The Kier molecular flexibility index (Phi) is 5.85. The number of hydrogen-bond donors (Lipinski definition) is 2. The van der Waals surface area contributed by atoms with E-state index < -0.39 is 0 Å². The summed E-state index contributed by atoms with van der Waals surface area (Å²) in [5.74, 6) is 0.128. The fourth-order valence-electron chi connectivity index (χ4n) is 3.88. The van der Waals surface area contributed by atoms with Crippen LogP contribution in [0.1, 0.15) is 17.5 Å². The lowest BCUT2D eigenvalue weighted by Crippen LogP contribution is -3.14. The van der Waals surface area contributed by atoms with Gasteiger partial charge in [0.05, 0.1) is 31.3 Å². The van der Waals surface area contributed by atoms with Crippen molar-refractivity contribution in [2.45, 2.75) is 19.3 Å². The van der Waals surface area contributed by atoms with Crippen molar-refractivity contribution < 1.29 is 23.6 Å². The molecule has 1 saturated heterocycles. The van der Waals surface area contributed by atoms with E-state index in [0.29, 0.717) is 22.9 Å². The Morgan fingerprint density at radius 1 is 1.21 bits per heavy atom. The molecule has 1 aliphatic heterocycles. The molecular formula is C20H24ClN2O5+. The van der Waals surface area contributed by atoms with Crippen LogP contribution in [0.4, 0.5) is 0 Å². The highest BCUT2D eigenvalue weighted by atomic mass is 35.5. The van der Waals surface area contributed by atoms with E-state index in [4.69, 9.17) is 25.5 Å². The van der Waals surface area contributed by atoms with Crippen molar-refractivity contribution in [3.63, 3.8) is 0 Å². The first-order valence-corrected chi connectivity index (χ1v) is 10.1. The minimum Gasteiger partial charge on any atom is -0.482 e. The highest BCUT2D eigenvalue weighted by Crippen LogP contribution is 2.34. The van der Waals surface area contributed by atoms with E-state index in [1.54, 1.807) is 12.1 Å². The van der Waals surface area contributed by atoms with Crippen LogP contribution in [0, 0.1) is 0 Å². The number of quaternary nitrogens is 1. The van der Waals surface area contributed by atoms with Crippen molar-refractivity contribution in [2.75, 3.05) is 46.0 Å². The topological polar surface area (TPSA) is 82.2 Å². The number of carbonyl (C=O) groups is 1. The van der Waals surface area contributed by atoms with Gasteiger partial charge >= 0.3 is 5.63 Å². The van der Waals surface area contributed by atoms with Gasteiger partial charge in [0, 0.05) is 17.0 Å². The Hall–Kier alpha value is -2.09. The number of fused-ring (bicyclic) bond motifs is 3. The third kappa shape index (κ3) is 4.16. The van der Waals surface area contributed by atoms with Crippen molar-refractivity contribution in [2.24, 2.45) is 0 Å². The lowest BCUT2D eigenvalue weighted by atomic mass is 10.1. The summed E-state index contributed by atoms with van der Waals surface area (Å²) in [6.45, 7) is 4.78. The van der Waals surface area contributed by atoms with Gasteiger partial charge in [0.1, 0.15) is 24.4 Å². The number of rotatable bonds is 6. The van der Waals surface area contributed by atoms with E-state index in [9.17, 15) is 9.59 Å². The quantitative estimate of drug-likeness (QED) is 0.675. The van der Waals surface area contributed by atoms with Crippen LogP contribution in [-0.2, 0) is 22.4 Å². The maximum Gasteiger partial charge on any atom is 0.339 e. The maximum atomic E-state index is 12.1. The van der Waals surface area contributed by atoms with E-state index in [1.165, 1.54) is 4.90 Å². The Morgan fingerprint density at radius 3 is 2.82 bits per heavy atom. The van der Waals surface area contributed by atoms with Crippen LogP contribution in [0.3, 0.4) is 0 Å². The summed E-state index contributed by atoms with van der Waals surface area (Å²) in [7, 11) is 0. The molecule has 2 N–H and O–H groups in total. The fraction of sp³-hybridized carbons (Fsp3) is 0.500. The first kappa shape index (κ1) is 19.2. The standard InChI is InChI=1S/C20H23ClN2O5/c21-16-10-15-13-2-1-3-14(13)20(25)28-17(15)11-18(16)27-12-19(24)22-4-5-23-6-8-26-9-7-23/h10-11H,1-9,12H2,(H,22,24)/p+1. The molecular weight excluding hydrogens is 384 g/mol. The largest absolute Gasteiger partial charge is 0.482 e. The minimum absolute atomic E-state index is 0.140. The molecule has 1 amide bonds. The number of ether oxygens (including phenoxy) is 2. The van der Waals surface area contributed by atoms with Gasteiger partial charge in [0.15, 0.2) is 6.61 Å². The SMILES string of the molecule is O=C(COc1cc2oc(=O)c3c(c2cc1Cl)CCC3)NCC[NH+]1CCOCC1. The van der Waals surface area contributed by atoms with Crippen LogP contribution < -0.4 is 20.6 Å². The fourth-order valence-corrected chi connectivity index (χ4v) is 4.09. The van der Waals surface area contributed by atoms with Gasteiger partial charge in [0.25, 0.3) is 5.91 Å². The van der Waals surface area contributed by atoms with Crippen molar-refractivity contribution in [1.29, 1.82) is 0 Å². The van der Waals surface area contributed by atoms with E-state index >= 15 is 0 Å². The second kappa shape index (κ2) is 8.51. The molecule has 0 bridgehead atoms. The van der Waals surface area contributed by atoms with E-state index in [0.717, 1.165) is 68.6 Å². The number of nitrogens with one attached hydrogen (secondary N) is 2. The Morgan fingerprint density at radius 2 is 2.00 bits per heavy atom. The maximum absolute atomic E-state index is 12.1. The average molecular weight is 408 g/mol. The van der Waals surface area contributed by atoms with Crippen LogP contribution in [0.5, 0.6) is 5.75 Å². The monoisotopic (exact) mass is 407 g/mol. The predicted molar refractivity (Wildman–Crippen MR) is 104 cm³/mol. The molecule has 0 atom stereocenters. The van der Waals surface area contributed by atoms with Gasteiger partial charge in [-0.2, -0.15) is 0 Å². The zero-order chi connectivity index (χ0) is 19.5. The van der Waals surface area contributed by atoms with Crippen LogP contribution in [0.2, 0.25) is 5.02 Å². The molecule has 8 heteroatoms. The van der Waals surface area contributed by atoms with E-state index in [-0.39, 0.29) is 18.1 Å². The highest BCUT2D eigenvalue weighted by molar-refractivity contribution is 6.32. The molecule has 2 heterocycles. The van der Waals surface area contributed by atoms with E-state index in [2.05, 4.69) is 5.32 Å². The van der Waals surface area contributed by atoms with Gasteiger partial charge in [-0.25, -0.2) is 4.79 Å². The molecule has 4 rings (SSSR count). The molecule has 0 unspecified atom stereocenters. The summed E-state index contributed by atoms with van der Waals surface area (Å²) in [6, 6.07) is 3.36. The molecule has 0 saturated carbocycles. The van der Waals surface area contributed by atoms with Crippen LogP contribution >= 0.6 is 11.6 Å². The third-order valence-electron chi connectivity index (χ3n) is 5.39. The molecule has 1 aliphatic carbocycles. The van der Waals surface area contributed by atoms with Gasteiger partial charge in [0.2, 0.25) is 0 Å². The van der Waals surface area contributed by atoms with Crippen LogP contribution in [0.25, 0.3) is 11.0 Å². The summed E-state index contributed by atoms with van der Waals surface area (Å²) in [5.41, 5.74) is 1.92. The summed E-state index contributed by atoms with van der Waals surface area (Å²) in [5, 5.41) is 4.11. The van der Waals surface area contributed by atoms with Gasteiger partial charge in [-0.1, -0.05) is 11.6 Å². The third-order valence-corrected chi connectivity index (χ3v) is 5.68.